The van der Waals surface area contributed by atoms with Gasteiger partial charge in [0.25, 0.3) is 5.91 Å². The molecule has 80 valence electrons. The van der Waals surface area contributed by atoms with E-state index in [1.807, 2.05) is 19.9 Å². The van der Waals surface area contributed by atoms with Gasteiger partial charge in [0.2, 0.25) is 0 Å². The fourth-order valence-electron chi connectivity index (χ4n) is 2.00. The summed E-state index contributed by atoms with van der Waals surface area (Å²) in [6.07, 6.45) is 0. The molecule has 1 aliphatic heterocycles. The average molecular weight is 205 g/mol. The number of amides is 1. The summed E-state index contributed by atoms with van der Waals surface area (Å²) in [7, 11) is 1.81. The van der Waals surface area contributed by atoms with E-state index >= 15 is 0 Å². The Labute approximate surface area is 89.3 Å². The lowest BCUT2D eigenvalue weighted by Crippen LogP contribution is -2.35. The zero-order chi connectivity index (χ0) is 11.2. The molecule has 1 heterocycles. The van der Waals surface area contributed by atoms with E-state index in [1.54, 1.807) is 24.1 Å². The van der Waals surface area contributed by atoms with Gasteiger partial charge in [-0.15, -0.1) is 0 Å². The summed E-state index contributed by atoms with van der Waals surface area (Å²) in [6, 6.07) is 5.51. The van der Waals surface area contributed by atoms with Gasteiger partial charge in [-0.25, -0.2) is 0 Å². The van der Waals surface area contributed by atoms with Gasteiger partial charge in [-0.1, -0.05) is 12.1 Å². The number of hydrogen-bond acceptors (Lipinski definition) is 2. The van der Waals surface area contributed by atoms with Crippen molar-refractivity contribution in [3.05, 3.63) is 34.9 Å². The van der Waals surface area contributed by atoms with Crippen LogP contribution in [0.2, 0.25) is 0 Å². The summed E-state index contributed by atoms with van der Waals surface area (Å²) in [4.78, 5) is 13.6. The number of aliphatic hydroxyl groups is 1. The predicted octanol–water partition coefficient (Wildman–Crippen LogP) is 1.50. The molecule has 0 bridgehead atoms. The molecule has 1 amide bonds. The van der Waals surface area contributed by atoms with E-state index in [1.165, 1.54) is 0 Å². The predicted molar refractivity (Wildman–Crippen MR) is 57.5 cm³/mol. The Morgan fingerprint density at radius 1 is 1.40 bits per heavy atom. The minimum atomic E-state index is -0.280. The highest BCUT2D eigenvalue weighted by Crippen LogP contribution is 2.37. The largest absolute Gasteiger partial charge is 0.392 e. The maximum Gasteiger partial charge on any atom is 0.254 e. The Hall–Kier alpha value is -1.35. The molecular formula is C12H15NO2. The Morgan fingerprint density at radius 2 is 2.07 bits per heavy atom. The summed E-state index contributed by atoms with van der Waals surface area (Å²) in [5, 5.41) is 9.07. The van der Waals surface area contributed by atoms with E-state index in [9.17, 15) is 4.79 Å². The smallest absolute Gasteiger partial charge is 0.254 e. The topological polar surface area (TPSA) is 40.5 Å². The van der Waals surface area contributed by atoms with Crippen molar-refractivity contribution in [1.29, 1.82) is 0 Å². The lowest BCUT2D eigenvalue weighted by Gasteiger charge is -2.28. The van der Waals surface area contributed by atoms with Crippen molar-refractivity contribution in [3.63, 3.8) is 0 Å². The number of fused-ring (bicyclic) bond motifs is 1. The van der Waals surface area contributed by atoms with Gasteiger partial charge in [-0.2, -0.15) is 0 Å². The summed E-state index contributed by atoms with van der Waals surface area (Å²) in [5.74, 6) is 0.0551. The monoisotopic (exact) mass is 205 g/mol. The number of benzene rings is 1. The van der Waals surface area contributed by atoms with Crippen LogP contribution in [0.5, 0.6) is 0 Å². The molecule has 3 heteroatoms. The highest BCUT2D eigenvalue weighted by molar-refractivity contribution is 5.99. The maximum atomic E-state index is 11.9. The van der Waals surface area contributed by atoms with Crippen molar-refractivity contribution in [3.8, 4) is 0 Å². The molecule has 1 aromatic rings. The lowest BCUT2D eigenvalue weighted by molar-refractivity contribution is 0.0691. The average Bonchev–Trinajstić information content (AvgIpc) is 2.40. The molecule has 0 aliphatic carbocycles. The Morgan fingerprint density at radius 3 is 2.67 bits per heavy atom. The van der Waals surface area contributed by atoms with Crippen LogP contribution in [0.15, 0.2) is 18.2 Å². The molecule has 0 atom stereocenters. The van der Waals surface area contributed by atoms with Gasteiger partial charge in [0.05, 0.1) is 12.1 Å². The minimum absolute atomic E-state index is 0.0151. The second-order valence-corrected chi connectivity index (χ2v) is 4.46. The molecule has 1 N–H and O–H groups in total. The third-order valence-corrected chi connectivity index (χ3v) is 3.30. The van der Waals surface area contributed by atoms with Crippen molar-refractivity contribution in [2.24, 2.45) is 0 Å². The summed E-state index contributed by atoms with van der Waals surface area (Å²) in [5.41, 5.74) is 2.32. The van der Waals surface area contributed by atoms with Crippen molar-refractivity contribution < 1.29 is 9.90 Å². The fraction of sp³-hybridized carbons (Fsp3) is 0.417. The van der Waals surface area contributed by atoms with Crippen LogP contribution in [-0.4, -0.2) is 23.0 Å². The third kappa shape index (κ3) is 1.27. The number of nitrogens with zero attached hydrogens (tertiary/aromatic N) is 1. The molecule has 0 spiro atoms. The molecule has 0 fully saturated rings. The van der Waals surface area contributed by atoms with Gasteiger partial charge in [-0.05, 0) is 31.0 Å². The van der Waals surface area contributed by atoms with E-state index in [2.05, 4.69) is 0 Å². The van der Waals surface area contributed by atoms with E-state index < -0.39 is 0 Å². The van der Waals surface area contributed by atoms with E-state index in [0.29, 0.717) is 0 Å². The minimum Gasteiger partial charge on any atom is -0.392 e. The molecule has 0 saturated carbocycles. The van der Waals surface area contributed by atoms with Crippen LogP contribution in [0, 0.1) is 0 Å². The second-order valence-electron chi connectivity index (χ2n) is 4.46. The number of carbonyl (C=O) groups excluding carboxylic acids is 1. The molecule has 2 rings (SSSR count). The van der Waals surface area contributed by atoms with Gasteiger partial charge in [0.15, 0.2) is 0 Å². The van der Waals surface area contributed by atoms with Crippen LogP contribution < -0.4 is 0 Å². The van der Waals surface area contributed by atoms with E-state index in [0.717, 1.165) is 16.7 Å². The summed E-state index contributed by atoms with van der Waals surface area (Å²) < 4.78 is 0. The molecular weight excluding hydrogens is 190 g/mol. The highest BCUT2D eigenvalue weighted by Gasteiger charge is 2.40. The molecule has 3 nitrogen and oxygen atoms in total. The first-order valence-corrected chi connectivity index (χ1v) is 5.01. The zero-order valence-electron chi connectivity index (χ0n) is 9.24. The van der Waals surface area contributed by atoms with Crippen LogP contribution >= 0.6 is 0 Å². The molecule has 1 aliphatic rings. The number of aliphatic hydroxyl groups excluding tert-OH is 1. The van der Waals surface area contributed by atoms with Crippen LogP contribution in [-0.2, 0) is 12.1 Å². The molecule has 0 aromatic heterocycles. The van der Waals surface area contributed by atoms with Gasteiger partial charge < -0.3 is 10.0 Å². The molecule has 15 heavy (non-hydrogen) atoms. The first-order valence-electron chi connectivity index (χ1n) is 5.01. The number of hydrogen-bond donors (Lipinski definition) is 1. The summed E-state index contributed by atoms with van der Waals surface area (Å²) in [6.45, 7) is 4.04. The standard InChI is InChI=1S/C12H15NO2/c1-12(2)10-6-8(7-14)4-5-9(10)11(15)13(12)3/h4-6,14H,7H2,1-3H3. The van der Waals surface area contributed by atoms with Gasteiger partial charge in [0.1, 0.15) is 0 Å². The fourth-order valence-corrected chi connectivity index (χ4v) is 2.00. The van der Waals surface area contributed by atoms with Gasteiger partial charge in [0, 0.05) is 12.6 Å². The third-order valence-electron chi connectivity index (χ3n) is 3.30. The molecule has 0 unspecified atom stereocenters. The number of rotatable bonds is 1. The Bertz CT molecular complexity index is 424. The Kier molecular flexibility index (Phi) is 2.08. The van der Waals surface area contributed by atoms with Crippen molar-refractivity contribution in [2.75, 3.05) is 7.05 Å². The van der Waals surface area contributed by atoms with Crippen molar-refractivity contribution >= 4 is 5.91 Å². The summed E-state index contributed by atoms with van der Waals surface area (Å²) >= 11 is 0. The van der Waals surface area contributed by atoms with Crippen LogP contribution in [0.25, 0.3) is 0 Å². The van der Waals surface area contributed by atoms with Crippen LogP contribution in [0.1, 0.15) is 35.3 Å². The van der Waals surface area contributed by atoms with E-state index in [-0.39, 0.29) is 18.1 Å². The lowest BCUT2D eigenvalue weighted by atomic mass is 9.92. The van der Waals surface area contributed by atoms with Gasteiger partial charge in [-0.3, -0.25) is 4.79 Å². The highest BCUT2D eigenvalue weighted by atomic mass is 16.3. The van der Waals surface area contributed by atoms with E-state index in [4.69, 9.17) is 5.11 Å². The number of carbonyl (C=O) groups is 1. The van der Waals surface area contributed by atoms with Crippen molar-refractivity contribution in [1.82, 2.24) is 4.90 Å². The molecule has 0 radical (unpaired) electrons. The zero-order valence-corrected chi connectivity index (χ0v) is 9.24. The quantitative estimate of drug-likeness (QED) is 0.754. The van der Waals surface area contributed by atoms with Crippen LogP contribution in [0.4, 0.5) is 0 Å². The molecule has 1 aromatic carbocycles. The first kappa shape index (κ1) is 10.2. The SMILES string of the molecule is CN1C(=O)c2ccc(CO)cc2C1(C)C. The van der Waals surface area contributed by atoms with Crippen LogP contribution in [0.3, 0.4) is 0 Å². The van der Waals surface area contributed by atoms with Gasteiger partial charge >= 0.3 is 0 Å². The maximum absolute atomic E-state index is 11.9. The molecule has 0 saturated heterocycles. The van der Waals surface area contributed by atoms with Crippen molar-refractivity contribution in [2.45, 2.75) is 26.0 Å². The first-order chi connectivity index (χ1) is 6.98. The second kappa shape index (κ2) is 3.07. The normalized spacial score (nSPS) is 18.1. The Balaban J connectivity index is 2.62.